The van der Waals surface area contributed by atoms with Gasteiger partial charge >= 0.3 is 0 Å². The first-order valence-electron chi connectivity index (χ1n) is 10.7. The molecule has 0 spiro atoms. The second-order valence-corrected chi connectivity index (χ2v) is 9.08. The van der Waals surface area contributed by atoms with Gasteiger partial charge in [0.05, 0.1) is 0 Å². The van der Waals surface area contributed by atoms with Crippen molar-refractivity contribution < 1.29 is 19.1 Å². The number of hydrogen-bond acceptors (Lipinski definition) is 4. The van der Waals surface area contributed by atoms with Crippen LogP contribution < -0.4 is 9.47 Å². The standard InChI is InChI=1S/C25H29NO4/c1-25(2,3)20-7-5-4-6-19(20)24(28)26-12-10-17(11-13-26)23(27)18-8-9-21-22(16-18)30-15-14-29-21/h4-9,16-17H,10-15H2,1-3H3. The minimum atomic E-state index is -0.0984. The molecular formula is C25H29NO4. The largest absolute Gasteiger partial charge is 0.486 e. The highest BCUT2D eigenvalue weighted by Crippen LogP contribution is 2.33. The van der Waals surface area contributed by atoms with E-state index in [0.29, 0.717) is 56.2 Å². The van der Waals surface area contributed by atoms with Gasteiger partial charge in [0.25, 0.3) is 5.91 Å². The van der Waals surface area contributed by atoms with Crippen LogP contribution in [-0.2, 0) is 5.41 Å². The maximum Gasteiger partial charge on any atom is 0.254 e. The van der Waals surface area contributed by atoms with Gasteiger partial charge in [-0.2, -0.15) is 0 Å². The lowest BCUT2D eigenvalue weighted by Gasteiger charge is -2.33. The van der Waals surface area contributed by atoms with E-state index in [1.807, 2.05) is 41.3 Å². The van der Waals surface area contributed by atoms with Gasteiger partial charge in [-0.3, -0.25) is 9.59 Å². The number of rotatable bonds is 3. The van der Waals surface area contributed by atoms with Crippen LogP contribution in [0.1, 0.15) is 59.9 Å². The van der Waals surface area contributed by atoms with Gasteiger partial charge in [0, 0.05) is 30.1 Å². The molecule has 2 aromatic carbocycles. The van der Waals surface area contributed by atoms with Crippen LogP contribution in [0.4, 0.5) is 0 Å². The molecule has 5 nitrogen and oxygen atoms in total. The quantitative estimate of drug-likeness (QED) is 0.704. The molecule has 0 saturated carbocycles. The molecule has 0 bridgehead atoms. The van der Waals surface area contributed by atoms with E-state index >= 15 is 0 Å². The summed E-state index contributed by atoms with van der Waals surface area (Å²) in [6.45, 7) is 8.59. The van der Waals surface area contributed by atoms with E-state index < -0.39 is 0 Å². The highest BCUT2D eigenvalue weighted by Gasteiger charge is 2.31. The topological polar surface area (TPSA) is 55.8 Å². The van der Waals surface area contributed by atoms with Crippen LogP contribution in [0.3, 0.4) is 0 Å². The number of nitrogens with zero attached hydrogens (tertiary/aromatic N) is 1. The summed E-state index contributed by atoms with van der Waals surface area (Å²) < 4.78 is 11.1. The minimum Gasteiger partial charge on any atom is -0.486 e. The third-order valence-corrected chi connectivity index (χ3v) is 5.95. The molecule has 0 atom stereocenters. The molecule has 1 amide bonds. The fourth-order valence-corrected chi connectivity index (χ4v) is 4.27. The Bertz CT molecular complexity index is 952. The van der Waals surface area contributed by atoms with Crippen molar-refractivity contribution in [1.29, 1.82) is 0 Å². The molecule has 2 aliphatic heterocycles. The summed E-state index contributed by atoms with van der Waals surface area (Å²) in [5.41, 5.74) is 2.38. The Morgan fingerprint density at radius 1 is 0.933 bits per heavy atom. The van der Waals surface area contributed by atoms with E-state index in [1.54, 1.807) is 6.07 Å². The van der Waals surface area contributed by atoms with Crippen molar-refractivity contribution in [2.24, 2.45) is 5.92 Å². The number of ketones is 1. The van der Waals surface area contributed by atoms with Gasteiger partial charge in [-0.1, -0.05) is 39.0 Å². The number of hydrogen-bond donors (Lipinski definition) is 0. The average molecular weight is 408 g/mol. The monoisotopic (exact) mass is 407 g/mol. The molecular weight excluding hydrogens is 378 g/mol. The Balaban J connectivity index is 1.43. The van der Waals surface area contributed by atoms with Crippen molar-refractivity contribution in [3.05, 3.63) is 59.2 Å². The van der Waals surface area contributed by atoms with Gasteiger partial charge in [0.15, 0.2) is 17.3 Å². The lowest BCUT2D eigenvalue weighted by Crippen LogP contribution is -2.41. The number of carbonyl (C=O) groups excluding carboxylic acids is 2. The van der Waals surface area contributed by atoms with Crippen LogP contribution in [0.2, 0.25) is 0 Å². The number of Topliss-reactive ketones (excluding diaryl/α,β-unsaturated/α-hetero) is 1. The molecule has 1 saturated heterocycles. The van der Waals surface area contributed by atoms with Crippen LogP contribution in [0, 0.1) is 5.92 Å². The summed E-state index contributed by atoms with van der Waals surface area (Å²) in [4.78, 5) is 28.1. The van der Waals surface area contributed by atoms with Crippen molar-refractivity contribution in [3.63, 3.8) is 0 Å². The smallest absolute Gasteiger partial charge is 0.254 e. The van der Waals surface area contributed by atoms with E-state index in [-0.39, 0.29) is 23.0 Å². The number of ether oxygens (including phenoxy) is 2. The molecule has 0 N–H and O–H groups in total. The first-order chi connectivity index (χ1) is 14.3. The molecule has 0 aromatic heterocycles. The van der Waals surface area contributed by atoms with Gasteiger partial charge in [0.2, 0.25) is 0 Å². The number of carbonyl (C=O) groups is 2. The fraction of sp³-hybridized carbons (Fsp3) is 0.440. The maximum atomic E-state index is 13.2. The van der Waals surface area contributed by atoms with Crippen LogP contribution in [0.15, 0.2) is 42.5 Å². The number of benzene rings is 2. The second kappa shape index (κ2) is 8.13. The summed E-state index contributed by atoms with van der Waals surface area (Å²) >= 11 is 0. The molecule has 0 aliphatic carbocycles. The average Bonchev–Trinajstić information content (AvgIpc) is 2.77. The SMILES string of the molecule is CC(C)(C)c1ccccc1C(=O)N1CCC(C(=O)c2ccc3c(c2)OCCO3)CC1. The van der Waals surface area contributed by atoms with Crippen molar-refractivity contribution in [1.82, 2.24) is 4.90 Å². The predicted molar refractivity (Wildman–Crippen MR) is 116 cm³/mol. The minimum absolute atomic E-state index is 0.0609. The fourth-order valence-electron chi connectivity index (χ4n) is 4.27. The molecule has 1 fully saturated rings. The Morgan fingerprint density at radius 2 is 1.60 bits per heavy atom. The first kappa shape index (κ1) is 20.5. The number of fused-ring (bicyclic) bond motifs is 1. The van der Waals surface area contributed by atoms with Crippen LogP contribution in [-0.4, -0.2) is 42.9 Å². The van der Waals surface area contributed by atoms with E-state index in [4.69, 9.17) is 9.47 Å². The van der Waals surface area contributed by atoms with Crippen LogP contribution in [0.5, 0.6) is 11.5 Å². The summed E-state index contributed by atoms with van der Waals surface area (Å²) in [5.74, 6) is 1.43. The third kappa shape index (κ3) is 4.07. The molecule has 2 heterocycles. The highest BCUT2D eigenvalue weighted by molar-refractivity contribution is 5.99. The summed E-state index contributed by atoms with van der Waals surface area (Å²) in [5, 5.41) is 0. The van der Waals surface area contributed by atoms with Crippen LogP contribution >= 0.6 is 0 Å². The zero-order valence-corrected chi connectivity index (χ0v) is 17.9. The van der Waals surface area contributed by atoms with Gasteiger partial charge in [-0.05, 0) is 48.1 Å². The summed E-state index contributed by atoms with van der Waals surface area (Å²) in [6.07, 6.45) is 1.35. The normalized spacial score (nSPS) is 17.0. The molecule has 158 valence electrons. The van der Waals surface area contributed by atoms with Crippen LogP contribution in [0.25, 0.3) is 0 Å². The third-order valence-electron chi connectivity index (χ3n) is 5.95. The number of likely N-dealkylation sites (tertiary alicyclic amines) is 1. The molecule has 4 rings (SSSR count). The Hall–Kier alpha value is -2.82. The zero-order valence-electron chi connectivity index (χ0n) is 17.9. The molecule has 30 heavy (non-hydrogen) atoms. The molecule has 0 radical (unpaired) electrons. The maximum absolute atomic E-state index is 13.2. The van der Waals surface area contributed by atoms with Gasteiger partial charge in [0.1, 0.15) is 13.2 Å². The van der Waals surface area contributed by atoms with Gasteiger partial charge in [-0.25, -0.2) is 0 Å². The molecule has 2 aliphatic rings. The van der Waals surface area contributed by atoms with E-state index in [0.717, 1.165) is 11.1 Å². The first-order valence-corrected chi connectivity index (χ1v) is 10.7. The van der Waals surface area contributed by atoms with Crippen molar-refractivity contribution in [2.45, 2.75) is 39.0 Å². The lowest BCUT2D eigenvalue weighted by atomic mass is 9.83. The molecule has 0 unspecified atom stereocenters. The van der Waals surface area contributed by atoms with E-state index in [2.05, 4.69) is 20.8 Å². The van der Waals surface area contributed by atoms with Crippen molar-refractivity contribution in [3.8, 4) is 11.5 Å². The summed E-state index contributed by atoms with van der Waals surface area (Å²) in [6, 6.07) is 13.3. The number of piperidine rings is 1. The number of amides is 1. The van der Waals surface area contributed by atoms with E-state index in [1.165, 1.54) is 0 Å². The van der Waals surface area contributed by atoms with Gasteiger partial charge < -0.3 is 14.4 Å². The Kier molecular flexibility index (Phi) is 5.54. The molecule has 5 heteroatoms. The van der Waals surface area contributed by atoms with Gasteiger partial charge in [-0.15, -0.1) is 0 Å². The lowest BCUT2D eigenvalue weighted by molar-refractivity contribution is 0.0648. The van der Waals surface area contributed by atoms with Crippen molar-refractivity contribution in [2.75, 3.05) is 26.3 Å². The Morgan fingerprint density at radius 3 is 2.30 bits per heavy atom. The highest BCUT2D eigenvalue weighted by atomic mass is 16.6. The van der Waals surface area contributed by atoms with Crippen molar-refractivity contribution >= 4 is 11.7 Å². The zero-order chi connectivity index (χ0) is 21.3. The Labute approximate surface area is 178 Å². The second-order valence-electron chi connectivity index (χ2n) is 9.08. The predicted octanol–water partition coefficient (Wildman–Crippen LogP) is 4.49. The summed E-state index contributed by atoms with van der Waals surface area (Å²) in [7, 11) is 0. The van der Waals surface area contributed by atoms with E-state index in [9.17, 15) is 9.59 Å². The molecule has 2 aromatic rings.